The molecule has 0 spiro atoms. The maximum absolute atomic E-state index is 11.2. The minimum Gasteiger partial charge on any atom is -0.480 e. The van der Waals surface area contributed by atoms with Crippen molar-refractivity contribution in [3.8, 4) is 0 Å². The van der Waals surface area contributed by atoms with Crippen LogP contribution in [0.2, 0.25) is 0 Å². The van der Waals surface area contributed by atoms with Crippen molar-refractivity contribution in [1.29, 1.82) is 0 Å². The molecule has 0 unspecified atom stereocenters. The fourth-order valence-corrected chi connectivity index (χ4v) is 1.05. The molecule has 1 heterocycles. The van der Waals surface area contributed by atoms with Crippen LogP contribution in [0, 0.1) is 0 Å². The molecule has 0 fully saturated rings. The first-order valence-corrected chi connectivity index (χ1v) is 4.74. The van der Waals surface area contributed by atoms with Gasteiger partial charge in [0.25, 0.3) is 0 Å². The molecule has 7 heteroatoms. The number of nitrogens with one attached hydrogen (secondary N) is 2. The molecule has 7 nitrogen and oxygen atoms in total. The Morgan fingerprint density at radius 3 is 2.81 bits per heavy atom. The number of carboxylic acid groups (broad SMARTS) is 1. The largest absolute Gasteiger partial charge is 0.480 e. The van der Waals surface area contributed by atoms with Gasteiger partial charge in [-0.3, -0.25) is 9.48 Å². The molecule has 0 aliphatic heterocycles. The average Bonchev–Trinajstić information content (AvgIpc) is 2.61. The van der Waals surface area contributed by atoms with Crippen LogP contribution in [0.1, 0.15) is 12.6 Å². The van der Waals surface area contributed by atoms with Crippen LogP contribution in [0.25, 0.3) is 0 Å². The number of aromatic nitrogens is 2. The molecule has 1 aromatic heterocycles. The molecule has 88 valence electrons. The Kier molecular flexibility index (Phi) is 3.87. The number of aryl methyl sites for hydroxylation is 1. The molecule has 0 radical (unpaired) electrons. The van der Waals surface area contributed by atoms with Crippen LogP contribution in [0.4, 0.5) is 4.79 Å². The molecule has 0 aromatic carbocycles. The van der Waals surface area contributed by atoms with E-state index in [1.54, 1.807) is 24.0 Å². The molecule has 1 atom stereocenters. The van der Waals surface area contributed by atoms with Gasteiger partial charge < -0.3 is 15.7 Å². The van der Waals surface area contributed by atoms with Crippen molar-refractivity contribution >= 4 is 12.0 Å². The second kappa shape index (κ2) is 5.15. The molecule has 0 aliphatic rings. The lowest BCUT2D eigenvalue weighted by Crippen LogP contribution is -2.44. The van der Waals surface area contributed by atoms with Gasteiger partial charge in [-0.15, -0.1) is 0 Å². The number of hydrogen-bond acceptors (Lipinski definition) is 3. The number of urea groups is 1. The van der Waals surface area contributed by atoms with Crippen LogP contribution < -0.4 is 10.6 Å². The summed E-state index contributed by atoms with van der Waals surface area (Å²) < 4.78 is 1.63. The van der Waals surface area contributed by atoms with Crippen LogP contribution in [0.15, 0.2) is 12.3 Å². The van der Waals surface area contributed by atoms with Gasteiger partial charge in [-0.25, -0.2) is 4.79 Å². The van der Waals surface area contributed by atoms with E-state index in [2.05, 4.69) is 15.7 Å². The summed E-state index contributed by atoms with van der Waals surface area (Å²) in [7, 11) is 1.76. The van der Waals surface area contributed by atoms with E-state index in [1.165, 1.54) is 6.92 Å². The first kappa shape index (κ1) is 12.0. The van der Waals surface area contributed by atoms with E-state index in [4.69, 9.17) is 5.11 Å². The summed E-state index contributed by atoms with van der Waals surface area (Å²) >= 11 is 0. The molecule has 2 amide bonds. The molecule has 16 heavy (non-hydrogen) atoms. The van der Waals surface area contributed by atoms with Crippen molar-refractivity contribution in [1.82, 2.24) is 20.4 Å². The van der Waals surface area contributed by atoms with E-state index in [9.17, 15) is 9.59 Å². The number of hydrogen-bond donors (Lipinski definition) is 3. The first-order chi connectivity index (χ1) is 7.50. The van der Waals surface area contributed by atoms with E-state index in [0.717, 1.165) is 5.69 Å². The molecule has 1 rings (SSSR count). The van der Waals surface area contributed by atoms with Crippen molar-refractivity contribution in [2.45, 2.75) is 19.5 Å². The second-order valence-electron chi connectivity index (χ2n) is 3.33. The third-order valence-electron chi connectivity index (χ3n) is 2.07. The van der Waals surface area contributed by atoms with Gasteiger partial charge >= 0.3 is 12.0 Å². The summed E-state index contributed by atoms with van der Waals surface area (Å²) in [4.78, 5) is 21.7. The van der Waals surface area contributed by atoms with Crippen molar-refractivity contribution in [3.05, 3.63) is 18.0 Å². The highest BCUT2D eigenvalue weighted by Crippen LogP contribution is 1.94. The van der Waals surface area contributed by atoms with Crippen LogP contribution in [-0.2, 0) is 18.4 Å². The maximum Gasteiger partial charge on any atom is 0.325 e. The molecular formula is C9H14N4O3. The highest BCUT2D eigenvalue weighted by atomic mass is 16.4. The van der Waals surface area contributed by atoms with E-state index >= 15 is 0 Å². The Bertz CT molecular complexity index is 388. The highest BCUT2D eigenvalue weighted by Gasteiger charge is 2.13. The van der Waals surface area contributed by atoms with Gasteiger partial charge in [0, 0.05) is 13.2 Å². The second-order valence-corrected chi connectivity index (χ2v) is 3.33. The first-order valence-electron chi connectivity index (χ1n) is 4.74. The normalized spacial score (nSPS) is 11.9. The van der Waals surface area contributed by atoms with Gasteiger partial charge in [-0.2, -0.15) is 5.10 Å². The monoisotopic (exact) mass is 226 g/mol. The lowest BCUT2D eigenvalue weighted by Gasteiger charge is -2.10. The zero-order valence-corrected chi connectivity index (χ0v) is 9.10. The molecule has 0 aliphatic carbocycles. The number of carbonyl (C=O) groups excluding carboxylic acids is 1. The standard InChI is InChI=1S/C9H14N4O3/c1-6(8(14)15)12-9(16)10-5-7-3-4-11-13(7)2/h3-4,6H,5H2,1-2H3,(H,14,15)(H2,10,12,16)/t6-/m0/s1. The number of nitrogens with zero attached hydrogens (tertiary/aromatic N) is 2. The van der Waals surface area contributed by atoms with E-state index in [1.807, 2.05) is 0 Å². The average molecular weight is 226 g/mol. The van der Waals surface area contributed by atoms with Crippen molar-refractivity contribution in [3.63, 3.8) is 0 Å². The number of carboxylic acids is 1. The Labute approximate surface area is 92.4 Å². The third kappa shape index (κ3) is 3.26. The predicted octanol–water partition coefficient (Wildman–Crippen LogP) is -0.308. The van der Waals surface area contributed by atoms with E-state index in [-0.39, 0.29) is 0 Å². The van der Waals surface area contributed by atoms with Gasteiger partial charge in [0.2, 0.25) is 0 Å². The van der Waals surface area contributed by atoms with Gasteiger partial charge in [0.15, 0.2) is 0 Å². The van der Waals surface area contributed by atoms with Crippen LogP contribution in [-0.4, -0.2) is 32.9 Å². The van der Waals surface area contributed by atoms with Gasteiger partial charge in [0.1, 0.15) is 6.04 Å². The minimum atomic E-state index is -1.07. The number of amides is 2. The molecular weight excluding hydrogens is 212 g/mol. The van der Waals surface area contributed by atoms with Crippen LogP contribution in [0.3, 0.4) is 0 Å². The Hall–Kier alpha value is -2.05. The number of rotatable bonds is 4. The topological polar surface area (TPSA) is 96.3 Å². The lowest BCUT2D eigenvalue weighted by atomic mass is 10.3. The maximum atomic E-state index is 11.2. The van der Waals surface area contributed by atoms with E-state index < -0.39 is 18.0 Å². The zero-order valence-electron chi connectivity index (χ0n) is 9.10. The lowest BCUT2D eigenvalue weighted by molar-refractivity contribution is -0.138. The van der Waals surface area contributed by atoms with Gasteiger partial charge in [-0.1, -0.05) is 0 Å². The number of carbonyl (C=O) groups is 2. The zero-order chi connectivity index (χ0) is 12.1. The SMILES string of the molecule is C[C@H](NC(=O)NCc1ccnn1C)C(=O)O. The summed E-state index contributed by atoms with van der Waals surface area (Å²) in [5.74, 6) is -1.07. The van der Waals surface area contributed by atoms with Crippen molar-refractivity contribution < 1.29 is 14.7 Å². The molecule has 0 bridgehead atoms. The van der Waals surface area contributed by atoms with Crippen molar-refractivity contribution in [2.24, 2.45) is 7.05 Å². The Balaban J connectivity index is 2.36. The summed E-state index contributed by atoms with van der Waals surface area (Å²) in [5, 5.41) is 17.3. The van der Waals surface area contributed by atoms with Crippen LogP contribution in [0.5, 0.6) is 0 Å². The molecule has 3 N–H and O–H groups in total. The third-order valence-corrected chi connectivity index (χ3v) is 2.07. The van der Waals surface area contributed by atoms with Crippen LogP contribution >= 0.6 is 0 Å². The summed E-state index contributed by atoms with van der Waals surface area (Å²) in [6.07, 6.45) is 1.62. The van der Waals surface area contributed by atoms with E-state index in [0.29, 0.717) is 6.54 Å². The van der Waals surface area contributed by atoms with Crippen molar-refractivity contribution in [2.75, 3.05) is 0 Å². The Morgan fingerprint density at radius 2 is 2.31 bits per heavy atom. The van der Waals surface area contributed by atoms with Gasteiger partial charge in [-0.05, 0) is 13.0 Å². The smallest absolute Gasteiger partial charge is 0.325 e. The van der Waals surface area contributed by atoms with Gasteiger partial charge in [0.05, 0.1) is 12.2 Å². The Morgan fingerprint density at radius 1 is 1.62 bits per heavy atom. The summed E-state index contributed by atoms with van der Waals surface area (Å²) in [6.45, 7) is 1.70. The quantitative estimate of drug-likeness (QED) is 0.656. The summed E-state index contributed by atoms with van der Waals surface area (Å²) in [5.41, 5.74) is 0.832. The number of aliphatic carboxylic acids is 1. The minimum absolute atomic E-state index is 0.300. The fourth-order valence-electron chi connectivity index (χ4n) is 1.05. The highest BCUT2D eigenvalue weighted by molar-refractivity contribution is 5.82. The predicted molar refractivity (Wildman–Crippen MR) is 55.7 cm³/mol. The molecule has 0 saturated carbocycles. The summed E-state index contributed by atoms with van der Waals surface area (Å²) in [6, 6.07) is 0.337. The fraction of sp³-hybridized carbons (Fsp3) is 0.444. The molecule has 0 saturated heterocycles. The molecule has 1 aromatic rings.